The van der Waals surface area contributed by atoms with Gasteiger partial charge in [0.2, 0.25) is 0 Å². The third-order valence-electron chi connectivity index (χ3n) is 4.22. The summed E-state index contributed by atoms with van der Waals surface area (Å²) >= 11 is 0.868. The average molecular weight is 444 g/mol. The molecule has 8 heteroatoms. The molecule has 0 aliphatic carbocycles. The first kappa shape index (κ1) is 21.7. The highest BCUT2D eigenvalue weighted by molar-refractivity contribution is 8.14. The molecule has 0 saturated heterocycles. The van der Waals surface area contributed by atoms with Crippen LogP contribution in [0.5, 0.6) is 0 Å². The molecule has 3 rings (SSSR count). The van der Waals surface area contributed by atoms with E-state index in [0.717, 1.165) is 22.9 Å². The van der Waals surface area contributed by atoms with E-state index in [1.165, 1.54) is 43.3 Å². The van der Waals surface area contributed by atoms with Crippen LogP contribution in [0.1, 0.15) is 17.3 Å². The zero-order valence-corrected chi connectivity index (χ0v) is 17.6. The Morgan fingerprint density at radius 3 is 2.07 bits per heavy atom. The monoisotopic (exact) mass is 443 g/mol. The maximum Gasteiger partial charge on any atom is 0.261 e. The minimum Gasteiger partial charge on any atom is -0.293 e. The molecule has 1 N–H and O–H groups in total. The molecule has 3 aromatic rings. The highest BCUT2D eigenvalue weighted by Crippen LogP contribution is 2.25. The Balaban J connectivity index is 1.82. The van der Waals surface area contributed by atoms with Gasteiger partial charge in [0.05, 0.1) is 16.3 Å². The molecule has 0 aliphatic rings. The molecule has 0 unspecified atom stereocenters. The van der Waals surface area contributed by atoms with Gasteiger partial charge in [0.25, 0.3) is 10.0 Å². The number of benzene rings is 3. The van der Waals surface area contributed by atoms with Crippen LogP contribution in [0.4, 0.5) is 10.1 Å². The van der Waals surface area contributed by atoms with E-state index >= 15 is 0 Å². The number of sulfonamides is 1. The summed E-state index contributed by atoms with van der Waals surface area (Å²) in [6.07, 6.45) is 0. The lowest BCUT2D eigenvalue weighted by Crippen LogP contribution is -2.16. The highest BCUT2D eigenvalue weighted by Gasteiger charge is 2.19. The lowest BCUT2D eigenvalue weighted by atomic mass is 10.1. The van der Waals surface area contributed by atoms with Crippen LogP contribution in [-0.4, -0.2) is 25.1 Å². The van der Waals surface area contributed by atoms with Gasteiger partial charge in [-0.2, -0.15) is 0 Å². The van der Waals surface area contributed by atoms with Crippen molar-refractivity contribution in [2.75, 3.05) is 10.5 Å². The van der Waals surface area contributed by atoms with Crippen LogP contribution in [0.2, 0.25) is 0 Å². The van der Waals surface area contributed by atoms with Crippen molar-refractivity contribution < 1.29 is 22.4 Å². The first-order valence-electron chi connectivity index (χ1n) is 8.91. The number of rotatable bonds is 7. The third kappa shape index (κ3) is 5.34. The maximum absolute atomic E-state index is 13.1. The van der Waals surface area contributed by atoms with Crippen LogP contribution in [0.25, 0.3) is 11.1 Å². The second-order valence-electron chi connectivity index (χ2n) is 6.39. The van der Waals surface area contributed by atoms with E-state index in [1.807, 2.05) is 0 Å². The largest absolute Gasteiger partial charge is 0.293 e. The number of hydrogen-bond donors (Lipinski definition) is 1. The Bertz CT molecular complexity index is 1170. The Morgan fingerprint density at radius 2 is 1.47 bits per heavy atom. The smallest absolute Gasteiger partial charge is 0.261 e. The first-order valence-corrected chi connectivity index (χ1v) is 11.4. The number of carbonyl (C=O) groups is 2. The van der Waals surface area contributed by atoms with E-state index in [1.54, 1.807) is 36.4 Å². The van der Waals surface area contributed by atoms with Gasteiger partial charge >= 0.3 is 0 Å². The van der Waals surface area contributed by atoms with Crippen molar-refractivity contribution in [1.29, 1.82) is 0 Å². The number of carbonyl (C=O) groups excluding carboxylic acids is 2. The minimum absolute atomic E-state index is 0.0220. The summed E-state index contributed by atoms with van der Waals surface area (Å²) in [6, 6.07) is 18.3. The number of thioether (sulfide) groups is 1. The van der Waals surface area contributed by atoms with Gasteiger partial charge in [-0.1, -0.05) is 48.2 Å². The number of nitrogens with one attached hydrogen (secondary N) is 1. The van der Waals surface area contributed by atoms with Crippen molar-refractivity contribution in [2.24, 2.45) is 0 Å². The van der Waals surface area contributed by atoms with Crippen molar-refractivity contribution in [3.8, 4) is 11.1 Å². The summed E-state index contributed by atoms with van der Waals surface area (Å²) in [5, 5.41) is -0.192. The zero-order chi connectivity index (χ0) is 21.7. The Labute approximate surface area is 178 Å². The molecule has 3 aromatic carbocycles. The Hall–Kier alpha value is -2.97. The van der Waals surface area contributed by atoms with Crippen molar-refractivity contribution in [3.63, 3.8) is 0 Å². The lowest BCUT2D eigenvalue weighted by molar-refractivity contribution is -0.109. The van der Waals surface area contributed by atoms with Gasteiger partial charge in [-0.05, 0) is 47.5 Å². The van der Waals surface area contributed by atoms with Crippen LogP contribution < -0.4 is 4.72 Å². The molecular formula is C22H18FNO4S2. The van der Waals surface area contributed by atoms with E-state index in [9.17, 15) is 22.4 Å². The lowest BCUT2D eigenvalue weighted by Gasteiger charge is -2.12. The van der Waals surface area contributed by atoms with E-state index in [0.29, 0.717) is 0 Å². The molecule has 0 atom stereocenters. The molecule has 0 amide bonds. The van der Waals surface area contributed by atoms with Gasteiger partial charge in [0.15, 0.2) is 10.9 Å². The quantitative estimate of drug-likeness (QED) is 0.533. The SMILES string of the molecule is CC(=O)SCC(=O)c1ccccc1NS(=O)(=O)c1ccc(-c2ccc(F)cc2)cc1. The molecule has 5 nitrogen and oxygen atoms in total. The van der Waals surface area contributed by atoms with Crippen molar-refractivity contribution in [2.45, 2.75) is 11.8 Å². The fraction of sp³-hybridized carbons (Fsp3) is 0.0909. The number of para-hydroxylation sites is 1. The van der Waals surface area contributed by atoms with Gasteiger partial charge in [0.1, 0.15) is 5.82 Å². The predicted octanol–water partition coefficient (Wildman–Crippen LogP) is 4.76. The summed E-state index contributed by atoms with van der Waals surface area (Å²) in [7, 11) is -3.94. The molecule has 30 heavy (non-hydrogen) atoms. The van der Waals surface area contributed by atoms with Gasteiger partial charge in [0, 0.05) is 12.5 Å². The normalized spacial score (nSPS) is 11.1. The maximum atomic E-state index is 13.1. The van der Waals surface area contributed by atoms with Crippen molar-refractivity contribution >= 4 is 38.4 Å². The standard InChI is InChI=1S/C22H18FNO4S2/c1-15(25)29-14-22(26)20-4-2-3-5-21(20)24-30(27,28)19-12-8-17(9-13-19)16-6-10-18(23)11-7-16/h2-13,24H,14H2,1H3. The summed E-state index contributed by atoms with van der Waals surface area (Å²) < 4.78 is 41.1. The molecule has 0 radical (unpaired) electrons. The van der Waals surface area contributed by atoms with Crippen LogP contribution in [-0.2, 0) is 14.8 Å². The number of hydrogen-bond acceptors (Lipinski definition) is 5. The van der Waals surface area contributed by atoms with Gasteiger partial charge in [-0.3, -0.25) is 14.3 Å². The summed E-state index contributed by atoms with van der Waals surface area (Å²) in [5.74, 6) is -0.766. The first-order chi connectivity index (χ1) is 14.3. The van der Waals surface area contributed by atoms with Gasteiger partial charge in [-0.25, -0.2) is 12.8 Å². The van der Waals surface area contributed by atoms with E-state index in [4.69, 9.17) is 0 Å². The molecular weight excluding hydrogens is 425 g/mol. The molecule has 0 bridgehead atoms. The zero-order valence-electron chi connectivity index (χ0n) is 16.0. The summed E-state index contributed by atoms with van der Waals surface area (Å²) in [6.45, 7) is 1.36. The second kappa shape index (κ2) is 9.23. The fourth-order valence-corrected chi connectivity index (χ4v) is 4.30. The molecule has 0 saturated carbocycles. The second-order valence-corrected chi connectivity index (χ2v) is 9.22. The third-order valence-corrected chi connectivity index (χ3v) is 6.41. The fourth-order valence-electron chi connectivity index (χ4n) is 2.73. The molecule has 0 aliphatic heterocycles. The number of halogens is 1. The van der Waals surface area contributed by atoms with Crippen molar-refractivity contribution in [3.05, 3.63) is 84.2 Å². The molecule has 154 valence electrons. The predicted molar refractivity (Wildman–Crippen MR) is 117 cm³/mol. The highest BCUT2D eigenvalue weighted by atomic mass is 32.2. The molecule has 0 fully saturated rings. The summed E-state index contributed by atoms with van der Waals surface area (Å²) in [5.41, 5.74) is 1.84. The van der Waals surface area contributed by atoms with E-state index < -0.39 is 10.0 Å². The Morgan fingerprint density at radius 1 is 0.900 bits per heavy atom. The van der Waals surface area contributed by atoms with E-state index in [2.05, 4.69) is 4.72 Å². The van der Waals surface area contributed by atoms with Gasteiger partial charge in [-0.15, -0.1) is 0 Å². The van der Waals surface area contributed by atoms with Crippen LogP contribution in [0.3, 0.4) is 0 Å². The minimum atomic E-state index is -3.94. The van der Waals surface area contributed by atoms with Gasteiger partial charge < -0.3 is 0 Å². The molecule has 0 aromatic heterocycles. The number of Topliss-reactive ketones (excluding diaryl/α,β-unsaturated/α-hetero) is 1. The molecule has 0 spiro atoms. The van der Waals surface area contributed by atoms with Crippen LogP contribution >= 0.6 is 11.8 Å². The average Bonchev–Trinajstić information content (AvgIpc) is 2.73. The van der Waals surface area contributed by atoms with E-state index in [-0.39, 0.29) is 38.6 Å². The molecule has 0 heterocycles. The van der Waals surface area contributed by atoms with Crippen LogP contribution in [0.15, 0.2) is 77.7 Å². The topological polar surface area (TPSA) is 80.3 Å². The van der Waals surface area contributed by atoms with Crippen molar-refractivity contribution in [1.82, 2.24) is 0 Å². The number of ketones is 1. The number of anilines is 1. The van der Waals surface area contributed by atoms with Crippen LogP contribution in [0, 0.1) is 5.82 Å². The Kier molecular flexibility index (Phi) is 6.69. The summed E-state index contributed by atoms with van der Waals surface area (Å²) in [4.78, 5) is 23.5.